The molecule has 1 aliphatic heterocycles. The molecule has 0 saturated carbocycles. The van der Waals surface area contributed by atoms with Gasteiger partial charge in [-0.3, -0.25) is 15.0 Å². The smallest absolute Gasteiger partial charge is 0.412 e. The van der Waals surface area contributed by atoms with Gasteiger partial charge in [0, 0.05) is 38.9 Å². The second-order valence-corrected chi connectivity index (χ2v) is 9.78. The van der Waals surface area contributed by atoms with Crippen LogP contribution in [0.15, 0.2) is 72.9 Å². The molecular weight excluding hydrogens is 454 g/mol. The van der Waals surface area contributed by atoms with E-state index >= 15 is 0 Å². The van der Waals surface area contributed by atoms with Gasteiger partial charge in [-0.2, -0.15) is 0 Å². The van der Waals surface area contributed by atoms with Crippen molar-refractivity contribution in [1.29, 1.82) is 0 Å². The zero-order valence-corrected chi connectivity index (χ0v) is 21.0. The average Bonchev–Trinajstić information content (AvgIpc) is 2.85. The van der Waals surface area contributed by atoms with Crippen molar-refractivity contribution in [3.05, 3.63) is 84.1 Å². The van der Waals surface area contributed by atoms with Gasteiger partial charge in [-0.15, -0.1) is 0 Å². The number of pyridine rings is 1. The number of amides is 2. The fourth-order valence-corrected chi connectivity index (χ4v) is 3.99. The van der Waals surface area contributed by atoms with Gasteiger partial charge >= 0.3 is 6.09 Å². The SMILES string of the molecule is CC(C)(C)OC(=O)Nc1ccccc1NC(=O)c1ccc(N2CCN(Cc3ccccc3)CC2)nc1. The van der Waals surface area contributed by atoms with Crippen LogP contribution in [-0.4, -0.2) is 53.7 Å². The van der Waals surface area contributed by atoms with Crippen LogP contribution in [0.3, 0.4) is 0 Å². The highest BCUT2D eigenvalue weighted by molar-refractivity contribution is 6.06. The number of nitrogens with zero attached hydrogens (tertiary/aromatic N) is 3. The van der Waals surface area contributed by atoms with Crippen LogP contribution < -0.4 is 15.5 Å². The molecule has 2 N–H and O–H groups in total. The van der Waals surface area contributed by atoms with E-state index < -0.39 is 11.7 Å². The predicted molar refractivity (Wildman–Crippen MR) is 142 cm³/mol. The maximum Gasteiger partial charge on any atom is 0.412 e. The van der Waals surface area contributed by atoms with Crippen LogP contribution in [0.25, 0.3) is 0 Å². The first-order valence-electron chi connectivity index (χ1n) is 12.1. The molecule has 2 aromatic carbocycles. The van der Waals surface area contributed by atoms with Crippen LogP contribution in [0.2, 0.25) is 0 Å². The van der Waals surface area contributed by atoms with Gasteiger partial charge in [0.05, 0.1) is 16.9 Å². The van der Waals surface area contributed by atoms with Crippen molar-refractivity contribution < 1.29 is 14.3 Å². The second kappa shape index (κ2) is 11.2. The molecule has 1 fully saturated rings. The van der Waals surface area contributed by atoms with Gasteiger partial charge in [-0.25, -0.2) is 9.78 Å². The van der Waals surface area contributed by atoms with Gasteiger partial charge < -0.3 is 15.0 Å². The van der Waals surface area contributed by atoms with Crippen molar-refractivity contribution >= 4 is 29.2 Å². The molecule has 1 aliphatic rings. The molecule has 0 unspecified atom stereocenters. The topological polar surface area (TPSA) is 86.8 Å². The summed E-state index contributed by atoms with van der Waals surface area (Å²) in [4.78, 5) is 34.3. The highest BCUT2D eigenvalue weighted by atomic mass is 16.6. The highest BCUT2D eigenvalue weighted by Gasteiger charge is 2.20. The van der Waals surface area contributed by atoms with Crippen molar-refractivity contribution in [2.24, 2.45) is 0 Å². The minimum Gasteiger partial charge on any atom is -0.444 e. The molecule has 0 aliphatic carbocycles. The molecule has 8 nitrogen and oxygen atoms in total. The zero-order chi connectivity index (χ0) is 25.5. The third-order valence-corrected chi connectivity index (χ3v) is 5.77. The van der Waals surface area contributed by atoms with Crippen LogP contribution in [0, 0.1) is 0 Å². The molecule has 1 aromatic heterocycles. The summed E-state index contributed by atoms with van der Waals surface area (Å²) < 4.78 is 5.31. The quantitative estimate of drug-likeness (QED) is 0.509. The normalized spacial score (nSPS) is 14.2. The molecule has 8 heteroatoms. The third-order valence-electron chi connectivity index (χ3n) is 5.77. The number of carbonyl (C=O) groups is 2. The second-order valence-electron chi connectivity index (χ2n) is 9.78. The molecule has 0 bridgehead atoms. The lowest BCUT2D eigenvalue weighted by Gasteiger charge is -2.35. The fourth-order valence-electron chi connectivity index (χ4n) is 3.99. The first kappa shape index (κ1) is 25.2. The summed E-state index contributed by atoms with van der Waals surface area (Å²) in [7, 11) is 0. The Labute approximate surface area is 212 Å². The zero-order valence-electron chi connectivity index (χ0n) is 21.0. The van der Waals surface area contributed by atoms with E-state index in [1.165, 1.54) is 5.56 Å². The molecular formula is C28H33N5O3. The average molecular weight is 488 g/mol. The van der Waals surface area contributed by atoms with E-state index in [9.17, 15) is 9.59 Å². The number of rotatable bonds is 6. The Morgan fingerprint density at radius 1 is 0.861 bits per heavy atom. The summed E-state index contributed by atoms with van der Waals surface area (Å²) in [5.41, 5.74) is 2.07. The molecule has 0 spiro atoms. The number of ether oxygens (including phenoxy) is 1. The number of aromatic nitrogens is 1. The number of benzene rings is 2. The minimum atomic E-state index is -0.621. The van der Waals surface area contributed by atoms with E-state index in [-0.39, 0.29) is 5.91 Å². The Bertz CT molecular complexity index is 1170. The van der Waals surface area contributed by atoms with Gasteiger partial charge in [0.15, 0.2) is 0 Å². The highest BCUT2D eigenvalue weighted by Crippen LogP contribution is 2.23. The van der Waals surface area contributed by atoms with Crippen molar-refractivity contribution in [2.45, 2.75) is 32.9 Å². The first-order chi connectivity index (χ1) is 17.3. The van der Waals surface area contributed by atoms with Crippen LogP contribution in [0.1, 0.15) is 36.7 Å². The lowest BCUT2D eigenvalue weighted by Crippen LogP contribution is -2.46. The van der Waals surface area contributed by atoms with Crippen molar-refractivity contribution in [3.63, 3.8) is 0 Å². The van der Waals surface area contributed by atoms with Crippen LogP contribution in [0.5, 0.6) is 0 Å². The largest absolute Gasteiger partial charge is 0.444 e. The molecule has 1 saturated heterocycles. The standard InChI is InChI=1S/C28H33N5O3/c1-28(2,3)36-27(35)31-24-12-8-7-11-23(24)30-26(34)22-13-14-25(29-19-22)33-17-15-32(16-18-33)20-21-9-5-4-6-10-21/h4-14,19H,15-18,20H2,1-3H3,(H,30,34)(H,31,35). The summed E-state index contributed by atoms with van der Waals surface area (Å²) >= 11 is 0. The molecule has 188 valence electrons. The van der Waals surface area contributed by atoms with Crippen molar-refractivity contribution in [1.82, 2.24) is 9.88 Å². The van der Waals surface area contributed by atoms with Crippen molar-refractivity contribution in [3.8, 4) is 0 Å². The molecule has 0 atom stereocenters. The Morgan fingerprint density at radius 2 is 1.50 bits per heavy atom. The molecule has 2 heterocycles. The van der Waals surface area contributed by atoms with E-state index in [4.69, 9.17) is 4.74 Å². The van der Waals surface area contributed by atoms with Crippen LogP contribution in [0.4, 0.5) is 22.0 Å². The maximum atomic E-state index is 12.9. The predicted octanol–water partition coefficient (Wildman–Crippen LogP) is 5.00. The number of anilines is 3. The van der Waals surface area contributed by atoms with Gasteiger partial charge in [-0.05, 0) is 50.6 Å². The summed E-state index contributed by atoms with van der Waals surface area (Å²) in [6.07, 6.45) is 1.00. The molecule has 3 aromatic rings. The Balaban J connectivity index is 1.33. The number of piperazine rings is 1. The summed E-state index contributed by atoms with van der Waals surface area (Å²) in [5, 5.41) is 5.55. The molecule has 36 heavy (non-hydrogen) atoms. The number of hydrogen-bond donors (Lipinski definition) is 2. The number of carbonyl (C=O) groups excluding carboxylic acids is 2. The monoisotopic (exact) mass is 487 g/mol. The van der Waals surface area contributed by atoms with E-state index in [0.717, 1.165) is 38.5 Å². The van der Waals surface area contributed by atoms with E-state index in [1.807, 2.05) is 12.1 Å². The summed E-state index contributed by atoms with van der Waals surface area (Å²) in [5.74, 6) is 0.554. The lowest BCUT2D eigenvalue weighted by atomic mass is 10.2. The number of para-hydroxylation sites is 2. The summed E-state index contributed by atoms with van der Waals surface area (Å²) in [6, 6.07) is 21.1. The lowest BCUT2D eigenvalue weighted by molar-refractivity contribution is 0.0635. The maximum absolute atomic E-state index is 12.9. The van der Waals surface area contributed by atoms with E-state index in [0.29, 0.717) is 16.9 Å². The van der Waals surface area contributed by atoms with Crippen LogP contribution in [-0.2, 0) is 11.3 Å². The third kappa shape index (κ3) is 7.05. The Morgan fingerprint density at radius 3 is 2.11 bits per heavy atom. The number of nitrogens with one attached hydrogen (secondary N) is 2. The summed E-state index contributed by atoms with van der Waals surface area (Å²) in [6.45, 7) is 10.0. The van der Waals surface area contributed by atoms with Gasteiger partial charge in [-0.1, -0.05) is 42.5 Å². The molecule has 4 rings (SSSR count). The van der Waals surface area contributed by atoms with Crippen LogP contribution >= 0.6 is 0 Å². The van der Waals surface area contributed by atoms with E-state index in [1.54, 1.807) is 57.3 Å². The van der Waals surface area contributed by atoms with Gasteiger partial charge in [0.1, 0.15) is 11.4 Å². The fraction of sp³-hybridized carbons (Fsp3) is 0.321. The molecule has 0 radical (unpaired) electrons. The Kier molecular flexibility index (Phi) is 7.85. The first-order valence-corrected chi connectivity index (χ1v) is 12.1. The minimum absolute atomic E-state index is 0.305. The van der Waals surface area contributed by atoms with Gasteiger partial charge in [0.2, 0.25) is 0 Å². The molecule has 2 amide bonds. The van der Waals surface area contributed by atoms with Crippen molar-refractivity contribution in [2.75, 3.05) is 41.7 Å². The van der Waals surface area contributed by atoms with Gasteiger partial charge in [0.25, 0.3) is 5.91 Å². The number of hydrogen-bond acceptors (Lipinski definition) is 6. The Hall–Kier alpha value is -3.91. The van der Waals surface area contributed by atoms with E-state index in [2.05, 4.69) is 49.7 Å².